The zero-order chi connectivity index (χ0) is 14.1. The minimum absolute atomic E-state index is 0.279. The van der Waals surface area contributed by atoms with E-state index in [-0.39, 0.29) is 6.10 Å². The molecule has 0 fully saturated rings. The summed E-state index contributed by atoms with van der Waals surface area (Å²) in [7, 11) is 0. The summed E-state index contributed by atoms with van der Waals surface area (Å²) < 4.78 is 6.07. The maximum Gasteiger partial charge on any atom is 0.119 e. The van der Waals surface area contributed by atoms with Crippen molar-refractivity contribution in [2.45, 2.75) is 59.0 Å². The summed E-state index contributed by atoms with van der Waals surface area (Å²) in [6.07, 6.45) is 3.70. The van der Waals surface area contributed by atoms with Crippen molar-refractivity contribution < 1.29 is 4.74 Å². The third kappa shape index (κ3) is 6.11. The quantitative estimate of drug-likeness (QED) is 0.668. The van der Waals surface area contributed by atoms with Crippen LogP contribution in [0, 0.1) is 0 Å². The molecule has 1 unspecified atom stereocenters. The minimum atomic E-state index is 0.279. The second kappa shape index (κ2) is 8.98. The molecule has 0 saturated heterocycles. The number of hydrogen-bond acceptors (Lipinski definition) is 2. The molecule has 1 atom stereocenters. The molecule has 19 heavy (non-hydrogen) atoms. The first-order valence-corrected chi connectivity index (χ1v) is 7.64. The van der Waals surface area contributed by atoms with Crippen molar-refractivity contribution >= 4 is 0 Å². The molecule has 0 heterocycles. The van der Waals surface area contributed by atoms with Crippen LogP contribution >= 0.6 is 0 Å². The van der Waals surface area contributed by atoms with Crippen molar-refractivity contribution in [3.8, 4) is 5.75 Å². The largest absolute Gasteiger partial charge is 0.489 e. The highest BCUT2D eigenvalue weighted by Crippen LogP contribution is 2.20. The highest BCUT2D eigenvalue weighted by Gasteiger charge is 2.09. The summed E-state index contributed by atoms with van der Waals surface area (Å²) in [6, 6.07) is 8.53. The molecule has 0 bridgehead atoms. The Labute approximate surface area is 118 Å². The normalized spacial score (nSPS) is 12.7. The van der Waals surface area contributed by atoms with Crippen LogP contribution in [-0.4, -0.2) is 19.2 Å². The number of benzene rings is 1. The Hall–Kier alpha value is -1.02. The van der Waals surface area contributed by atoms with E-state index in [0.29, 0.717) is 5.92 Å². The molecule has 1 aromatic rings. The van der Waals surface area contributed by atoms with Gasteiger partial charge >= 0.3 is 0 Å². The molecule has 0 aliphatic carbocycles. The molecule has 0 radical (unpaired) electrons. The number of hydrogen-bond donors (Lipinski definition) is 1. The van der Waals surface area contributed by atoms with Gasteiger partial charge in [0.2, 0.25) is 0 Å². The Morgan fingerprint density at radius 3 is 2.26 bits per heavy atom. The van der Waals surface area contributed by atoms with Crippen LogP contribution in [0.3, 0.4) is 0 Å². The van der Waals surface area contributed by atoms with Crippen molar-refractivity contribution in [1.29, 1.82) is 0 Å². The van der Waals surface area contributed by atoms with Gasteiger partial charge in [-0.1, -0.05) is 46.2 Å². The van der Waals surface area contributed by atoms with E-state index in [2.05, 4.69) is 57.3 Å². The average molecular weight is 263 g/mol. The molecule has 0 aromatic heterocycles. The van der Waals surface area contributed by atoms with E-state index in [0.717, 1.165) is 31.7 Å². The van der Waals surface area contributed by atoms with E-state index in [4.69, 9.17) is 4.74 Å². The Morgan fingerprint density at radius 2 is 1.74 bits per heavy atom. The lowest BCUT2D eigenvalue weighted by Gasteiger charge is -2.19. The summed E-state index contributed by atoms with van der Waals surface area (Å²) in [5.41, 5.74) is 1.36. The molecule has 1 N–H and O–H groups in total. The predicted molar refractivity (Wildman–Crippen MR) is 83.0 cm³/mol. The summed E-state index contributed by atoms with van der Waals surface area (Å²) >= 11 is 0. The van der Waals surface area contributed by atoms with Gasteiger partial charge in [-0.15, -0.1) is 0 Å². The summed E-state index contributed by atoms with van der Waals surface area (Å²) in [5, 5.41) is 3.44. The van der Waals surface area contributed by atoms with Crippen molar-refractivity contribution in [1.82, 2.24) is 5.32 Å². The standard InChI is InChI=1S/C17H29NO/c1-5-7-17(13-18-12-6-2)19-16-10-8-15(9-11-16)14(3)4/h8-11,14,17-18H,5-7,12-13H2,1-4H3. The van der Waals surface area contributed by atoms with Gasteiger partial charge in [-0.3, -0.25) is 0 Å². The van der Waals surface area contributed by atoms with E-state index in [1.165, 1.54) is 12.0 Å². The molecule has 2 heteroatoms. The lowest BCUT2D eigenvalue weighted by Crippen LogP contribution is -2.31. The van der Waals surface area contributed by atoms with Crippen molar-refractivity contribution in [3.05, 3.63) is 29.8 Å². The second-order valence-electron chi connectivity index (χ2n) is 5.46. The number of nitrogens with one attached hydrogen (secondary N) is 1. The molecule has 1 aromatic carbocycles. The fraction of sp³-hybridized carbons (Fsp3) is 0.647. The van der Waals surface area contributed by atoms with Crippen LogP contribution in [0.15, 0.2) is 24.3 Å². The van der Waals surface area contributed by atoms with E-state index in [9.17, 15) is 0 Å². The van der Waals surface area contributed by atoms with Gasteiger partial charge in [0.1, 0.15) is 11.9 Å². The molecular formula is C17H29NO. The van der Waals surface area contributed by atoms with Crippen molar-refractivity contribution in [2.75, 3.05) is 13.1 Å². The SMILES string of the molecule is CCCNCC(CCC)Oc1ccc(C(C)C)cc1. The molecular weight excluding hydrogens is 234 g/mol. The van der Waals surface area contributed by atoms with Crippen LogP contribution in [-0.2, 0) is 0 Å². The Kier molecular flexibility index (Phi) is 7.57. The van der Waals surface area contributed by atoms with Crippen LogP contribution in [0.4, 0.5) is 0 Å². The van der Waals surface area contributed by atoms with Crippen LogP contribution < -0.4 is 10.1 Å². The highest BCUT2D eigenvalue weighted by atomic mass is 16.5. The average Bonchev–Trinajstić information content (AvgIpc) is 2.40. The maximum atomic E-state index is 6.07. The fourth-order valence-corrected chi connectivity index (χ4v) is 2.09. The van der Waals surface area contributed by atoms with E-state index in [1.807, 2.05) is 0 Å². The zero-order valence-corrected chi connectivity index (χ0v) is 12.9. The molecule has 0 aliphatic heterocycles. The third-order valence-electron chi connectivity index (χ3n) is 3.26. The molecule has 1 rings (SSSR count). The van der Waals surface area contributed by atoms with Crippen LogP contribution in [0.5, 0.6) is 5.75 Å². The van der Waals surface area contributed by atoms with E-state index in [1.54, 1.807) is 0 Å². The Morgan fingerprint density at radius 1 is 1.05 bits per heavy atom. The molecule has 0 spiro atoms. The third-order valence-corrected chi connectivity index (χ3v) is 3.26. The van der Waals surface area contributed by atoms with Crippen LogP contribution in [0.1, 0.15) is 58.4 Å². The van der Waals surface area contributed by atoms with Gasteiger partial charge in [-0.2, -0.15) is 0 Å². The Balaban J connectivity index is 2.52. The predicted octanol–water partition coefficient (Wildman–Crippen LogP) is 4.36. The molecule has 0 aliphatic rings. The van der Waals surface area contributed by atoms with Crippen LogP contribution in [0.2, 0.25) is 0 Å². The van der Waals surface area contributed by atoms with Gasteiger partial charge in [-0.25, -0.2) is 0 Å². The molecule has 0 amide bonds. The molecule has 108 valence electrons. The molecule has 2 nitrogen and oxygen atoms in total. The van der Waals surface area contributed by atoms with Gasteiger partial charge in [0.05, 0.1) is 0 Å². The minimum Gasteiger partial charge on any atom is -0.489 e. The fourth-order valence-electron chi connectivity index (χ4n) is 2.09. The van der Waals surface area contributed by atoms with Crippen LogP contribution in [0.25, 0.3) is 0 Å². The van der Waals surface area contributed by atoms with E-state index >= 15 is 0 Å². The van der Waals surface area contributed by atoms with Gasteiger partial charge in [0, 0.05) is 6.54 Å². The van der Waals surface area contributed by atoms with Gasteiger partial charge in [0.15, 0.2) is 0 Å². The lowest BCUT2D eigenvalue weighted by molar-refractivity contribution is 0.186. The van der Waals surface area contributed by atoms with Gasteiger partial charge < -0.3 is 10.1 Å². The van der Waals surface area contributed by atoms with E-state index < -0.39 is 0 Å². The summed E-state index contributed by atoms with van der Waals surface area (Å²) in [6.45, 7) is 10.8. The summed E-state index contributed by atoms with van der Waals surface area (Å²) in [5.74, 6) is 1.56. The van der Waals surface area contributed by atoms with Crippen molar-refractivity contribution in [3.63, 3.8) is 0 Å². The summed E-state index contributed by atoms with van der Waals surface area (Å²) in [4.78, 5) is 0. The monoisotopic (exact) mass is 263 g/mol. The zero-order valence-electron chi connectivity index (χ0n) is 12.9. The van der Waals surface area contributed by atoms with Crippen molar-refractivity contribution in [2.24, 2.45) is 0 Å². The first-order valence-electron chi connectivity index (χ1n) is 7.64. The molecule has 0 saturated carbocycles. The topological polar surface area (TPSA) is 21.3 Å². The van der Waals surface area contributed by atoms with Gasteiger partial charge in [-0.05, 0) is 43.0 Å². The highest BCUT2D eigenvalue weighted by molar-refractivity contribution is 5.29. The first-order chi connectivity index (χ1) is 9.17. The smallest absolute Gasteiger partial charge is 0.119 e. The number of ether oxygens (including phenoxy) is 1. The lowest BCUT2D eigenvalue weighted by atomic mass is 10.0. The Bertz CT molecular complexity index is 332. The first kappa shape index (κ1) is 16.0. The van der Waals surface area contributed by atoms with Gasteiger partial charge in [0.25, 0.3) is 0 Å². The maximum absolute atomic E-state index is 6.07. The second-order valence-corrected chi connectivity index (χ2v) is 5.46. The number of rotatable bonds is 9.